The monoisotopic (exact) mass is 475 g/mol. The summed E-state index contributed by atoms with van der Waals surface area (Å²) in [5.74, 6) is 0.932. The third-order valence-corrected chi connectivity index (χ3v) is 7.57. The highest BCUT2D eigenvalue weighted by molar-refractivity contribution is 7.22. The van der Waals surface area contributed by atoms with Crippen molar-refractivity contribution in [2.24, 2.45) is 0 Å². The summed E-state index contributed by atoms with van der Waals surface area (Å²) < 4.78 is 8.28. The van der Waals surface area contributed by atoms with Crippen LogP contribution in [0.4, 0.5) is 5.13 Å². The molecule has 1 aliphatic rings. The van der Waals surface area contributed by atoms with Gasteiger partial charge in [0.05, 0.1) is 23.2 Å². The van der Waals surface area contributed by atoms with E-state index in [1.807, 2.05) is 59.8 Å². The number of anilines is 1. The van der Waals surface area contributed by atoms with Gasteiger partial charge < -0.3 is 14.5 Å². The quantitative estimate of drug-likeness (QED) is 0.426. The van der Waals surface area contributed by atoms with Crippen molar-refractivity contribution < 1.29 is 9.53 Å². The molecule has 1 saturated heterocycles. The van der Waals surface area contributed by atoms with E-state index in [9.17, 15) is 4.79 Å². The van der Waals surface area contributed by atoms with Gasteiger partial charge >= 0.3 is 0 Å². The van der Waals surface area contributed by atoms with Crippen LogP contribution in [0.15, 0.2) is 42.5 Å². The number of fused-ring (bicyclic) bond motifs is 1. The summed E-state index contributed by atoms with van der Waals surface area (Å²) in [5.41, 5.74) is 5.81. The van der Waals surface area contributed by atoms with Crippen LogP contribution in [0.3, 0.4) is 0 Å². The van der Waals surface area contributed by atoms with Crippen LogP contribution < -0.4 is 9.64 Å². The number of carbonyl (C=O) groups excluding carboxylic acids is 1. The van der Waals surface area contributed by atoms with E-state index < -0.39 is 0 Å². The van der Waals surface area contributed by atoms with Gasteiger partial charge in [-0.3, -0.25) is 4.79 Å². The lowest BCUT2D eigenvalue weighted by Crippen LogP contribution is -2.35. The molecule has 0 radical (unpaired) electrons. The molecule has 2 aromatic heterocycles. The van der Waals surface area contributed by atoms with Gasteiger partial charge in [0.25, 0.3) is 5.91 Å². The molecule has 0 spiro atoms. The number of nitrogens with zero attached hydrogens (tertiary/aromatic N) is 5. The molecule has 0 saturated carbocycles. The lowest BCUT2D eigenvalue weighted by atomic mass is 10.0. The Bertz CT molecular complexity index is 1340. The summed E-state index contributed by atoms with van der Waals surface area (Å²) in [6, 6.07) is 13.9. The molecule has 8 heteroatoms. The standard InChI is InChI=1S/C26H29N5O2S/c1-17-6-11-22(18(2)16-17)25(32)29-12-5-13-30(15-14-29)26-27-24-23(34-26)19(3)28-31(24)20-7-9-21(33-4)10-8-20/h6-11,16H,5,12-15H2,1-4H3. The number of hydrogen-bond donors (Lipinski definition) is 0. The number of aromatic nitrogens is 3. The maximum Gasteiger partial charge on any atom is 0.254 e. The van der Waals surface area contributed by atoms with Crippen LogP contribution in [0, 0.1) is 20.8 Å². The van der Waals surface area contributed by atoms with Crippen molar-refractivity contribution in [3.63, 3.8) is 0 Å². The molecule has 3 heterocycles. The van der Waals surface area contributed by atoms with Crippen LogP contribution in [0.2, 0.25) is 0 Å². The first-order valence-corrected chi connectivity index (χ1v) is 12.4. The number of ether oxygens (including phenoxy) is 1. The third kappa shape index (κ3) is 4.14. The Labute approximate surface area is 203 Å². The van der Waals surface area contributed by atoms with Gasteiger partial charge in [-0.2, -0.15) is 10.1 Å². The number of amides is 1. The molecular weight excluding hydrogens is 446 g/mol. The van der Waals surface area contributed by atoms with Crippen molar-refractivity contribution in [2.75, 3.05) is 38.2 Å². The summed E-state index contributed by atoms with van der Waals surface area (Å²) in [6.07, 6.45) is 0.913. The molecule has 2 aromatic carbocycles. The van der Waals surface area contributed by atoms with Gasteiger partial charge in [0.1, 0.15) is 5.75 Å². The maximum absolute atomic E-state index is 13.2. The SMILES string of the molecule is COc1ccc(-n2nc(C)c3sc(N4CCCN(C(=O)c5ccc(C)cc5C)CC4)nc32)cc1. The van der Waals surface area contributed by atoms with Crippen molar-refractivity contribution in [3.05, 3.63) is 64.8 Å². The number of thiazole rings is 1. The number of hydrogen-bond acceptors (Lipinski definition) is 6. The highest BCUT2D eigenvalue weighted by Gasteiger charge is 2.24. The maximum atomic E-state index is 13.2. The fraction of sp³-hybridized carbons (Fsp3) is 0.346. The van der Waals surface area contributed by atoms with Crippen molar-refractivity contribution in [1.29, 1.82) is 0 Å². The minimum absolute atomic E-state index is 0.120. The Hall–Kier alpha value is -3.39. The van der Waals surface area contributed by atoms with Gasteiger partial charge in [-0.25, -0.2) is 4.68 Å². The molecule has 5 rings (SSSR count). The van der Waals surface area contributed by atoms with Gasteiger partial charge in [0.15, 0.2) is 10.8 Å². The normalized spacial score (nSPS) is 14.5. The molecule has 34 heavy (non-hydrogen) atoms. The van der Waals surface area contributed by atoms with Crippen molar-refractivity contribution >= 4 is 32.7 Å². The summed E-state index contributed by atoms with van der Waals surface area (Å²) in [5, 5.41) is 5.70. The zero-order valence-electron chi connectivity index (χ0n) is 20.0. The largest absolute Gasteiger partial charge is 0.497 e. The van der Waals surface area contributed by atoms with Crippen molar-refractivity contribution in [1.82, 2.24) is 19.7 Å². The molecule has 7 nitrogen and oxygen atoms in total. The molecule has 1 aliphatic heterocycles. The number of aryl methyl sites for hydroxylation is 3. The lowest BCUT2D eigenvalue weighted by Gasteiger charge is -2.22. The van der Waals surface area contributed by atoms with Gasteiger partial charge in [-0.1, -0.05) is 29.0 Å². The smallest absolute Gasteiger partial charge is 0.254 e. The van der Waals surface area contributed by atoms with Crippen LogP contribution in [0.1, 0.15) is 33.6 Å². The average molecular weight is 476 g/mol. The Morgan fingerprint density at radius 3 is 2.53 bits per heavy atom. The lowest BCUT2D eigenvalue weighted by molar-refractivity contribution is 0.0766. The zero-order valence-corrected chi connectivity index (χ0v) is 20.9. The first-order valence-electron chi connectivity index (χ1n) is 11.6. The van der Waals surface area contributed by atoms with E-state index in [0.717, 1.165) is 69.8 Å². The molecule has 1 amide bonds. The second kappa shape index (κ2) is 9.10. The number of methoxy groups -OCH3 is 1. The number of rotatable bonds is 4. The Morgan fingerprint density at radius 2 is 1.79 bits per heavy atom. The summed E-state index contributed by atoms with van der Waals surface area (Å²) in [7, 11) is 1.66. The zero-order chi connectivity index (χ0) is 23.8. The minimum Gasteiger partial charge on any atom is -0.497 e. The molecule has 0 unspecified atom stereocenters. The molecule has 0 atom stereocenters. The van der Waals surface area contributed by atoms with E-state index in [0.29, 0.717) is 6.54 Å². The first-order chi connectivity index (χ1) is 16.4. The molecule has 4 aromatic rings. The second-order valence-corrected chi connectivity index (χ2v) is 9.77. The summed E-state index contributed by atoms with van der Waals surface area (Å²) in [6.45, 7) is 9.18. The minimum atomic E-state index is 0.120. The number of benzene rings is 2. The van der Waals surface area contributed by atoms with Crippen molar-refractivity contribution in [3.8, 4) is 11.4 Å². The van der Waals surface area contributed by atoms with Crippen LogP contribution in [0.5, 0.6) is 5.75 Å². The molecule has 0 N–H and O–H groups in total. The van der Waals surface area contributed by atoms with Gasteiger partial charge in [-0.15, -0.1) is 0 Å². The van der Waals surface area contributed by atoms with Crippen molar-refractivity contribution in [2.45, 2.75) is 27.2 Å². The molecular formula is C26H29N5O2S. The Balaban J connectivity index is 1.36. The van der Waals surface area contributed by atoms with E-state index in [1.165, 1.54) is 5.56 Å². The third-order valence-electron chi connectivity index (χ3n) is 6.36. The van der Waals surface area contributed by atoms with E-state index in [1.54, 1.807) is 18.4 Å². The van der Waals surface area contributed by atoms with Crippen LogP contribution >= 0.6 is 11.3 Å². The Morgan fingerprint density at radius 1 is 1.00 bits per heavy atom. The predicted octanol–water partition coefficient (Wildman–Crippen LogP) is 4.77. The average Bonchev–Trinajstić information content (AvgIpc) is 3.29. The highest BCUT2D eigenvalue weighted by Crippen LogP contribution is 2.33. The van der Waals surface area contributed by atoms with E-state index in [4.69, 9.17) is 14.8 Å². The van der Waals surface area contributed by atoms with Gasteiger partial charge in [-0.05, 0) is 63.1 Å². The molecule has 176 valence electrons. The molecule has 1 fully saturated rings. The summed E-state index contributed by atoms with van der Waals surface area (Å²) in [4.78, 5) is 22.5. The summed E-state index contributed by atoms with van der Waals surface area (Å²) >= 11 is 1.68. The fourth-order valence-corrected chi connectivity index (χ4v) is 5.54. The van der Waals surface area contributed by atoms with E-state index >= 15 is 0 Å². The number of carbonyl (C=O) groups is 1. The highest BCUT2D eigenvalue weighted by atomic mass is 32.1. The van der Waals surface area contributed by atoms with E-state index in [-0.39, 0.29) is 5.91 Å². The van der Waals surface area contributed by atoms with Crippen LogP contribution in [-0.2, 0) is 0 Å². The van der Waals surface area contributed by atoms with Crippen LogP contribution in [0.25, 0.3) is 16.0 Å². The Kier molecular flexibility index (Phi) is 6.00. The van der Waals surface area contributed by atoms with Gasteiger partial charge in [0, 0.05) is 31.7 Å². The second-order valence-electron chi connectivity index (χ2n) is 8.80. The molecule has 0 aliphatic carbocycles. The van der Waals surface area contributed by atoms with E-state index in [2.05, 4.69) is 17.9 Å². The fourth-order valence-electron chi connectivity index (χ4n) is 4.50. The van der Waals surface area contributed by atoms with Gasteiger partial charge in [0.2, 0.25) is 0 Å². The topological polar surface area (TPSA) is 63.5 Å². The van der Waals surface area contributed by atoms with Crippen LogP contribution in [-0.4, -0.2) is 58.9 Å². The first kappa shape index (κ1) is 22.4. The molecule has 0 bridgehead atoms. The predicted molar refractivity (Wildman–Crippen MR) is 137 cm³/mol.